The Morgan fingerprint density at radius 3 is 2.85 bits per heavy atom. The number of anilines is 1. The SMILES string of the molecule is CC(C)N(CC1CCCNC1)c1ccc([N+](=O)[O-])cn1. The molecule has 0 saturated carbocycles. The summed E-state index contributed by atoms with van der Waals surface area (Å²) in [5, 5.41) is 14.1. The van der Waals surface area contributed by atoms with E-state index in [1.165, 1.54) is 25.1 Å². The Bertz CT molecular complexity index is 441. The molecule has 0 aliphatic carbocycles. The van der Waals surface area contributed by atoms with E-state index in [1.807, 2.05) is 0 Å². The first kappa shape index (κ1) is 14.7. The van der Waals surface area contributed by atoms with Crippen molar-refractivity contribution in [2.24, 2.45) is 5.92 Å². The highest BCUT2D eigenvalue weighted by Gasteiger charge is 2.20. The van der Waals surface area contributed by atoms with Crippen LogP contribution < -0.4 is 10.2 Å². The van der Waals surface area contributed by atoms with Gasteiger partial charge in [-0.05, 0) is 51.8 Å². The highest BCUT2D eigenvalue weighted by atomic mass is 16.6. The minimum absolute atomic E-state index is 0.0387. The maximum Gasteiger partial charge on any atom is 0.287 e. The molecule has 2 rings (SSSR count). The van der Waals surface area contributed by atoms with E-state index in [-0.39, 0.29) is 5.69 Å². The highest BCUT2D eigenvalue weighted by Crippen LogP contribution is 2.21. The summed E-state index contributed by atoms with van der Waals surface area (Å²) >= 11 is 0. The van der Waals surface area contributed by atoms with Crippen molar-refractivity contribution in [3.05, 3.63) is 28.4 Å². The Labute approximate surface area is 119 Å². The molecule has 1 saturated heterocycles. The smallest absolute Gasteiger partial charge is 0.287 e. The maximum atomic E-state index is 10.7. The predicted octanol–water partition coefficient (Wildman–Crippen LogP) is 2.20. The zero-order chi connectivity index (χ0) is 14.5. The lowest BCUT2D eigenvalue weighted by molar-refractivity contribution is -0.385. The van der Waals surface area contributed by atoms with Gasteiger partial charge in [0.1, 0.15) is 12.0 Å². The van der Waals surface area contributed by atoms with Gasteiger partial charge in [0.05, 0.1) is 4.92 Å². The summed E-state index contributed by atoms with van der Waals surface area (Å²) in [5.74, 6) is 1.43. The number of rotatable bonds is 5. The van der Waals surface area contributed by atoms with Crippen LogP contribution in [0.5, 0.6) is 0 Å². The van der Waals surface area contributed by atoms with Gasteiger partial charge in [-0.25, -0.2) is 4.98 Å². The number of piperidine rings is 1. The molecule has 0 spiro atoms. The minimum Gasteiger partial charge on any atom is -0.354 e. The van der Waals surface area contributed by atoms with Gasteiger partial charge in [-0.15, -0.1) is 0 Å². The van der Waals surface area contributed by atoms with Crippen molar-refractivity contribution in [3.63, 3.8) is 0 Å². The summed E-state index contributed by atoms with van der Waals surface area (Å²) in [6.07, 6.45) is 3.78. The minimum atomic E-state index is -0.415. The van der Waals surface area contributed by atoms with Gasteiger partial charge in [0.2, 0.25) is 0 Å². The second-order valence-corrected chi connectivity index (χ2v) is 5.59. The zero-order valence-electron chi connectivity index (χ0n) is 12.1. The van der Waals surface area contributed by atoms with Crippen molar-refractivity contribution >= 4 is 11.5 Å². The molecule has 0 radical (unpaired) electrons. The van der Waals surface area contributed by atoms with Crippen LogP contribution in [0.15, 0.2) is 18.3 Å². The van der Waals surface area contributed by atoms with Gasteiger partial charge in [0, 0.05) is 18.7 Å². The first-order valence-electron chi connectivity index (χ1n) is 7.15. The summed E-state index contributed by atoms with van der Waals surface area (Å²) in [4.78, 5) is 16.7. The lowest BCUT2D eigenvalue weighted by Gasteiger charge is -2.33. The summed E-state index contributed by atoms with van der Waals surface area (Å²) in [5.41, 5.74) is 0.0387. The molecule has 1 fully saturated rings. The van der Waals surface area contributed by atoms with Crippen molar-refractivity contribution in [1.82, 2.24) is 10.3 Å². The van der Waals surface area contributed by atoms with E-state index in [9.17, 15) is 10.1 Å². The fourth-order valence-corrected chi connectivity index (χ4v) is 2.58. The molecule has 2 heterocycles. The van der Waals surface area contributed by atoms with E-state index < -0.39 is 4.92 Å². The molecule has 0 bridgehead atoms. The molecular formula is C14H22N4O2. The van der Waals surface area contributed by atoms with Crippen LogP contribution in [0.2, 0.25) is 0 Å². The Morgan fingerprint density at radius 1 is 1.55 bits per heavy atom. The van der Waals surface area contributed by atoms with Crippen molar-refractivity contribution in [1.29, 1.82) is 0 Å². The van der Waals surface area contributed by atoms with E-state index in [0.29, 0.717) is 12.0 Å². The van der Waals surface area contributed by atoms with E-state index in [4.69, 9.17) is 0 Å². The predicted molar refractivity (Wildman–Crippen MR) is 79.0 cm³/mol. The van der Waals surface area contributed by atoms with Gasteiger partial charge in [0.15, 0.2) is 0 Å². The average Bonchev–Trinajstić information content (AvgIpc) is 2.45. The van der Waals surface area contributed by atoms with Gasteiger partial charge in [0.25, 0.3) is 5.69 Å². The first-order valence-corrected chi connectivity index (χ1v) is 7.15. The number of pyridine rings is 1. The average molecular weight is 278 g/mol. The highest BCUT2D eigenvalue weighted by molar-refractivity contribution is 5.43. The molecule has 6 heteroatoms. The third kappa shape index (κ3) is 3.66. The fraction of sp³-hybridized carbons (Fsp3) is 0.643. The quantitative estimate of drug-likeness (QED) is 0.660. The Hall–Kier alpha value is -1.69. The standard InChI is InChI=1S/C14H22N4O2/c1-11(2)17(10-12-4-3-7-15-8-12)14-6-5-13(9-16-14)18(19)20/h5-6,9,11-12,15H,3-4,7-8,10H2,1-2H3. The topological polar surface area (TPSA) is 71.3 Å². The first-order chi connectivity index (χ1) is 9.58. The Kier molecular flexibility index (Phi) is 4.89. The van der Waals surface area contributed by atoms with Crippen molar-refractivity contribution < 1.29 is 4.92 Å². The number of aromatic nitrogens is 1. The molecular weight excluding hydrogens is 256 g/mol. The number of hydrogen-bond acceptors (Lipinski definition) is 5. The summed E-state index contributed by atoms with van der Waals surface area (Å²) < 4.78 is 0. The number of nitro groups is 1. The second kappa shape index (κ2) is 6.65. The van der Waals surface area contributed by atoms with Crippen LogP contribution in [0.1, 0.15) is 26.7 Å². The molecule has 6 nitrogen and oxygen atoms in total. The van der Waals surface area contributed by atoms with E-state index in [1.54, 1.807) is 6.07 Å². The van der Waals surface area contributed by atoms with Gasteiger partial charge in [-0.1, -0.05) is 0 Å². The molecule has 0 amide bonds. The van der Waals surface area contributed by atoms with E-state index in [0.717, 1.165) is 25.5 Å². The van der Waals surface area contributed by atoms with Crippen LogP contribution in [0.25, 0.3) is 0 Å². The normalized spacial score (nSPS) is 19.1. The van der Waals surface area contributed by atoms with Crippen LogP contribution in [0.4, 0.5) is 11.5 Å². The number of hydrogen-bond donors (Lipinski definition) is 1. The van der Waals surface area contributed by atoms with Crippen molar-refractivity contribution in [3.8, 4) is 0 Å². The summed E-state index contributed by atoms with van der Waals surface area (Å²) in [6, 6.07) is 3.59. The van der Waals surface area contributed by atoms with Crippen LogP contribution in [0, 0.1) is 16.0 Å². The van der Waals surface area contributed by atoms with E-state index in [2.05, 4.69) is 29.0 Å². The van der Waals surface area contributed by atoms with Crippen LogP contribution in [0.3, 0.4) is 0 Å². The zero-order valence-corrected chi connectivity index (χ0v) is 12.1. The summed E-state index contributed by atoms with van der Waals surface area (Å²) in [6.45, 7) is 7.33. The molecule has 1 aromatic heterocycles. The molecule has 20 heavy (non-hydrogen) atoms. The molecule has 1 N–H and O–H groups in total. The van der Waals surface area contributed by atoms with Gasteiger partial charge in [-0.2, -0.15) is 0 Å². The lowest BCUT2D eigenvalue weighted by atomic mass is 9.98. The molecule has 1 atom stereocenters. The largest absolute Gasteiger partial charge is 0.354 e. The van der Waals surface area contributed by atoms with Gasteiger partial charge >= 0.3 is 0 Å². The maximum absolute atomic E-state index is 10.7. The molecule has 0 aromatic carbocycles. The fourth-order valence-electron chi connectivity index (χ4n) is 2.58. The van der Waals surface area contributed by atoms with Crippen molar-refractivity contribution in [2.45, 2.75) is 32.7 Å². The van der Waals surface area contributed by atoms with Crippen LogP contribution >= 0.6 is 0 Å². The lowest BCUT2D eigenvalue weighted by Crippen LogP contribution is -2.41. The molecule has 110 valence electrons. The van der Waals surface area contributed by atoms with Gasteiger partial charge < -0.3 is 10.2 Å². The van der Waals surface area contributed by atoms with E-state index >= 15 is 0 Å². The third-order valence-electron chi connectivity index (χ3n) is 3.71. The second-order valence-electron chi connectivity index (χ2n) is 5.59. The van der Waals surface area contributed by atoms with Crippen molar-refractivity contribution in [2.75, 3.05) is 24.5 Å². The van der Waals surface area contributed by atoms with Crippen LogP contribution in [-0.2, 0) is 0 Å². The van der Waals surface area contributed by atoms with Crippen LogP contribution in [-0.4, -0.2) is 35.6 Å². The molecule has 1 aromatic rings. The molecule has 1 unspecified atom stereocenters. The molecule has 1 aliphatic rings. The molecule has 1 aliphatic heterocycles. The Balaban J connectivity index is 2.09. The summed E-state index contributed by atoms with van der Waals surface area (Å²) in [7, 11) is 0. The monoisotopic (exact) mass is 278 g/mol. The Morgan fingerprint density at radius 2 is 2.35 bits per heavy atom. The number of nitrogens with one attached hydrogen (secondary N) is 1. The number of nitrogens with zero attached hydrogens (tertiary/aromatic N) is 3. The van der Waals surface area contributed by atoms with Gasteiger partial charge in [-0.3, -0.25) is 10.1 Å². The third-order valence-corrected chi connectivity index (χ3v) is 3.71.